The summed E-state index contributed by atoms with van der Waals surface area (Å²) >= 11 is 5.74. The maximum Gasteiger partial charge on any atom is 0.231 e. The van der Waals surface area contributed by atoms with Crippen LogP contribution in [0.2, 0.25) is 5.02 Å². The zero-order chi connectivity index (χ0) is 15.5. The number of benzene rings is 2. The number of hydrogen-bond acceptors (Lipinski definition) is 4. The van der Waals surface area contributed by atoms with E-state index in [0.717, 1.165) is 5.56 Å². The van der Waals surface area contributed by atoms with Gasteiger partial charge in [0, 0.05) is 17.8 Å². The number of halogens is 2. The van der Waals surface area contributed by atoms with Crippen molar-refractivity contribution in [3.8, 4) is 17.2 Å². The molecule has 1 aliphatic heterocycles. The van der Waals surface area contributed by atoms with Crippen molar-refractivity contribution in [3.63, 3.8) is 0 Å². The molecule has 0 amide bonds. The average molecular weight is 322 g/mol. The van der Waals surface area contributed by atoms with Gasteiger partial charge < -0.3 is 14.2 Å². The van der Waals surface area contributed by atoms with Crippen molar-refractivity contribution in [1.29, 1.82) is 0 Å². The Kier molecular flexibility index (Phi) is 4.15. The average Bonchev–Trinajstić information content (AvgIpc) is 2.96. The molecule has 0 unspecified atom stereocenters. The van der Waals surface area contributed by atoms with Gasteiger partial charge in [-0.25, -0.2) is 4.39 Å². The van der Waals surface area contributed by atoms with E-state index in [-0.39, 0.29) is 11.8 Å². The first kappa shape index (κ1) is 14.7. The van der Waals surface area contributed by atoms with Crippen molar-refractivity contribution in [2.45, 2.75) is 6.92 Å². The minimum Gasteiger partial charge on any atom is -0.493 e. The Balaban J connectivity index is 1.93. The summed E-state index contributed by atoms with van der Waals surface area (Å²) in [6, 6.07) is 7.84. The molecule has 4 nitrogen and oxygen atoms in total. The number of aliphatic imine (C=N–C) groups is 1. The lowest BCUT2D eigenvalue weighted by Gasteiger charge is -2.08. The molecule has 22 heavy (non-hydrogen) atoms. The summed E-state index contributed by atoms with van der Waals surface area (Å²) in [4.78, 5) is 4.29. The second-order valence-electron chi connectivity index (χ2n) is 4.53. The van der Waals surface area contributed by atoms with Crippen molar-refractivity contribution < 1.29 is 18.6 Å². The second kappa shape index (κ2) is 6.23. The largest absolute Gasteiger partial charge is 0.493 e. The summed E-state index contributed by atoms with van der Waals surface area (Å²) < 4.78 is 29.4. The summed E-state index contributed by atoms with van der Waals surface area (Å²) in [5, 5.41) is 0.0327. The predicted molar refractivity (Wildman–Crippen MR) is 82.4 cm³/mol. The molecule has 0 aromatic heterocycles. The topological polar surface area (TPSA) is 40.0 Å². The van der Waals surface area contributed by atoms with Gasteiger partial charge in [0.05, 0.1) is 17.3 Å². The monoisotopic (exact) mass is 321 g/mol. The molecular weight excluding hydrogens is 309 g/mol. The molecule has 114 valence electrons. The molecule has 0 spiro atoms. The Labute approximate surface area is 132 Å². The van der Waals surface area contributed by atoms with Crippen LogP contribution in [-0.2, 0) is 0 Å². The summed E-state index contributed by atoms with van der Waals surface area (Å²) in [7, 11) is 0. The molecule has 0 saturated heterocycles. The highest BCUT2D eigenvalue weighted by Crippen LogP contribution is 2.37. The molecule has 2 aromatic carbocycles. The van der Waals surface area contributed by atoms with Gasteiger partial charge in [0.15, 0.2) is 11.5 Å². The van der Waals surface area contributed by atoms with E-state index in [1.54, 1.807) is 24.4 Å². The van der Waals surface area contributed by atoms with Crippen molar-refractivity contribution in [2.75, 3.05) is 13.4 Å². The molecule has 0 saturated carbocycles. The molecule has 0 N–H and O–H groups in total. The van der Waals surface area contributed by atoms with Gasteiger partial charge in [0.25, 0.3) is 0 Å². The Morgan fingerprint density at radius 3 is 2.77 bits per heavy atom. The van der Waals surface area contributed by atoms with Gasteiger partial charge in [-0.2, -0.15) is 0 Å². The van der Waals surface area contributed by atoms with E-state index in [0.29, 0.717) is 29.5 Å². The SMILES string of the molecule is CCOc1cc2c(cc1C=Nc1ccc(F)c(Cl)c1)OCO2. The van der Waals surface area contributed by atoms with E-state index in [1.807, 2.05) is 6.92 Å². The summed E-state index contributed by atoms with van der Waals surface area (Å²) in [6.07, 6.45) is 1.62. The molecule has 1 aliphatic rings. The normalized spacial score (nSPS) is 12.9. The molecule has 0 bridgehead atoms. The first-order valence-electron chi connectivity index (χ1n) is 6.73. The Hall–Kier alpha value is -2.27. The van der Waals surface area contributed by atoms with Crippen molar-refractivity contribution in [2.24, 2.45) is 4.99 Å². The zero-order valence-corrected chi connectivity index (χ0v) is 12.6. The quantitative estimate of drug-likeness (QED) is 0.786. The molecule has 0 aliphatic carbocycles. The van der Waals surface area contributed by atoms with E-state index < -0.39 is 5.82 Å². The Morgan fingerprint density at radius 2 is 2.05 bits per heavy atom. The van der Waals surface area contributed by atoms with Crippen molar-refractivity contribution in [1.82, 2.24) is 0 Å². The number of nitrogens with zero attached hydrogens (tertiary/aromatic N) is 1. The van der Waals surface area contributed by atoms with Crippen LogP contribution in [-0.4, -0.2) is 19.6 Å². The fraction of sp³-hybridized carbons (Fsp3) is 0.188. The Bertz CT molecular complexity index is 734. The van der Waals surface area contributed by atoms with Crippen LogP contribution in [0, 0.1) is 5.82 Å². The molecule has 2 aromatic rings. The second-order valence-corrected chi connectivity index (χ2v) is 4.94. The molecule has 0 radical (unpaired) electrons. The van der Waals surface area contributed by atoms with E-state index in [1.165, 1.54) is 12.1 Å². The van der Waals surface area contributed by atoms with Gasteiger partial charge in [-0.05, 0) is 31.2 Å². The Morgan fingerprint density at radius 1 is 1.27 bits per heavy atom. The van der Waals surface area contributed by atoms with Crippen LogP contribution in [0.25, 0.3) is 0 Å². The lowest BCUT2D eigenvalue weighted by Crippen LogP contribution is -1.96. The van der Waals surface area contributed by atoms with Crippen LogP contribution in [0.5, 0.6) is 17.2 Å². The fourth-order valence-electron chi connectivity index (χ4n) is 2.03. The van der Waals surface area contributed by atoms with Crippen molar-refractivity contribution in [3.05, 3.63) is 46.7 Å². The standard InChI is InChI=1S/C16H13ClFNO3/c1-2-20-14-7-16-15(21-9-22-16)5-10(14)8-19-11-3-4-13(18)12(17)6-11/h3-8H,2,9H2,1H3. The number of fused-ring (bicyclic) bond motifs is 1. The van der Waals surface area contributed by atoms with E-state index in [9.17, 15) is 4.39 Å². The fourth-order valence-corrected chi connectivity index (χ4v) is 2.20. The number of rotatable bonds is 4. The van der Waals surface area contributed by atoms with E-state index in [4.69, 9.17) is 25.8 Å². The molecule has 0 fully saturated rings. The third-order valence-corrected chi connectivity index (χ3v) is 3.35. The summed E-state index contributed by atoms with van der Waals surface area (Å²) in [6.45, 7) is 2.60. The lowest BCUT2D eigenvalue weighted by atomic mass is 10.2. The van der Waals surface area contributed by atoms with Gasteiger partial charge in [-0.1, -0.05) is 11.6 Å². The van der Waals surface area contributed by atoms with Crippen LogP contribution in [0.15, 0.2) is 35.3 Å². The summed E-state index contributed by atoms with van der Waals surface area (Å²) in [5.41, 5.74) is 1.29. The molecule has 3 rings (SSSR count). The smallest absolute Gasteiger partial charge is 0.231 e. The van der Waals surface area contributed by atoms with Crippen LogP contribution < -0.4 is 14.2 Å². The maximum atomic E-state index is 13.1. The number of hydrogen-bond donors (Lipinski definition) is 0. The summed E-state index contributed by atoms with van der Waals surface area (Å²) in [5.74, 6) is 1.45. The zero-order valence-electron chi connectivity index (χ0n) is 11.8. The third-order valence-electron chi connectivity index (χ3n) is 3.06. The van der Waals surface area contributed by atoms with Gasteiger partial charge in [0.1, 0.15) is 11.6 Å². The highest BCUT2D eigenvalue weighted by molar-refractivity contribution is 6.31. The highest BCUT2D eigenvalue weighted by Gasteiger charge is 2.17. The van der Waals surface area contributed by atoms with Gasteiger partial charge in [0.2, 0.25) is 6.79 Å². The first-order chi connectivity index (χ1) is 10.7. The van der Waals surface area contributed by atoms with Crippen molar-refractivity contribution >= 4 is 23.5 Å². The number of ether oxygens (including phenoxy) is 3. The van der Waals surface area contributed by atoms with Gasteiger partial charge in [-0.15, -0.1) is 0 Å². The molecule has 1 heterocycles. The minimum absolute atomic E-state index is 0.0327. The highest BCUT2D eigenvalue weighted by atomic mass is 35.5. The lowest BCUT2D eigenvalue weighted by molar-refractivity contribution is 0.174. The van der Waals surface area contributed by atoms with E-state index >= 15 is 0 Å². The van der Waals surface area contributed by atoms with Gasteiger partial charge in [-0.3, -0.25) is 4.99 Å². The third kappa shape index (κ3) is 2.99. The molecular formula is C16H13ClFNO3. The molecule has 0 atom stereocenters. The van der Waals surface area contributed by atoms with Gasteiger partial charge >= 0.3 is 0 Å². The van der Waals surface area contributed by atoms with E-state index in [2.05, 4.69) is 4.99 Å². The van der Waals surface area contributed by atoms with Crippen LogP contribution in [0.1, 0.15) is 12.5 Å². The molecule has 6 heteroatoms. The first-order valence-corrected chi connectivity index (χ1v) is 7.10. The van der Waals surface area contributed by atoms with Crippen LogP contribution >= 0.6 is 11.6 Å². The maximum absolute atomic E-state index is 13.1. The predicted octanol–water partition coefficient (Wildman–Crippen LogP) is 4.36. The van der Waals surface area contributed by atoms with Crippen LogP contribution in [0.3, 0.4) is 0 Å². The van der Waals surface area contributed by atoms with Crippen LogP contribution in [0.4, 0.5) is 10.1 Å². The minimum atomic E-state index is -0.473.